The molecule has 0 aliphatic carbocycles. The largest absolute Gasteiger partial charge is 0.396 e. The number of nitrogens with two attached hydrogens (primary N) is 1. The minimum absolute atomic E-state index is 0.0527. The van der Waals surface area contributed by atoms with Crippen LogP contribution in [0, 0.1) is 0 Å². The first-order chi connectivity index (χ1) is 16.2. The molecule has 0 spiro atoms. The van der Waals surface area contributed by atoms with Crippen molar-refractivity contribution in [3.63, 3.8) is 0 Å². The number of anilines is 3. The number of sulfone groups is 1. The van der Waals surface area contributed by atoms with Gasteiger partial charge in [0.2, 0.25) is 15.6 Å². The van der Waals surface area contributed by atoms with Gasteiger partial charge >= 0.3 is 0 Å². The van der Waals surface area contributed by atoms with Crippen molar-refractivity contribution in [1.29, 1.82) is 0 Å². The fourth-order valence-corrected chi connectivity index (χ4v) is 6.70. The molecule has 4 rings (SSSR count). The number of nitrogen functional groups attached to an aromatic ring is 1. The molecule has 3 N–H and O–H groups in total. The van der Waals surface area contributed by atoms with Gasteiger partial charge in [-0.3, -0.25) is 4.79 Å². The molecule has 174 valence electrons. The number of halogens is 1. The van der Waals surface area contributed by atoms with Crippen molar-refractivity contribution < 1.29 is 13.2 Å². The number of ketones is 1. The molecule has 0 aliphatic rings. The summed E-state index contributed by atoms with van der Waals surface area (Å²) < 4.78 is 28.0. The first kappa shape index (κ1) is 24.2. The maximum Gasteiger partial charge on any atom is 0.211 e. The van der Waals surface area contributed by atoms with Crippen LogP contribution in [0.3, 0.4) is 0 Å². The minimum Gasteiger partial charge on any atom is -0.396 e. The summed E-state index contributed by atoms with van der Waals surface area (Å²) in [4.78, 5) is 13.5. The van der Waals surface area contributed by atoms with E-state index in [1.807, 2.05) is 24.3 Å². The molecule has 1 heterocycles. The monoisotopic (exact) mass is 554 g/mol. The minimum atomic E-state index is -3.98. The summed E-state index contributed by atoms with van der Waals surface area (Å²) in [6.07, 6.45) is 0. The van der Waals surface area contributed by atoms with Gasteiger partial charge in [-0.1, -0.05) is 60.1 Å². The highest BCUT2D eigenvalue weighted by atomic mass is 79.9. The Morgan fingerprint density at radius 3 is 2.15 bits per heavy atom. The molecule has 1 aromatic heterocycles. The number of nitrogens with one attached hydrogen (secondary N) is 1. The van der Waals surface area contributed by atoms with Crippen molar-refractivity contribution in [2.24, 2.45) is 0 Å². The summed E-state index contributed by atoms with van der Waals surface area (Å²) in [5.41, 5.74) is 8.62. The molecule has 8 heteroatoms. The van der Waals surface area contributed by atoms with Crippen LogP contribution in [0.5, 0.6) is 0 Å². The fourth-order valence-electron chi connectivity index (χ4n) is 3.48. The van der Waals surface area contributed by atoms with Crippen LogP contribution in [0.1, 0.15) is 40.6 Å². The number of carbonyl (C=O) groups is 1. The summed E-state index contributed by atoms with van der Waals surface area (Å²) in [6.45, 7) is 4.21. The van der Waals surface area contributed by atoms with Crippen LogP contribution < -0.4 is 11.1 Å². The predicted molar refractivity (Wildman–Crippen MR) is 142 cm³/mol. The lowest BCUT2D eigenvalue weighted by molar-refractivity contribution is 0.104. The number of carbonyl (C=O) groups excluding carboxylic acids is 1. The highest BCUT2D eigenvalue weighted by Gasteiger charge is 2.31. The Kier molecular flexibility index (Phi) is 6.93. The molecular formula is C26H23BrN2O3S2. The predicted octanol–water partition coefficient (Wildman–Crippen LogP) is 7.02. The second-order valence-corrected chi connectivity index (χ2v) is 11.9. The smallest absolute Gasteiger partial charge is 0.211 e. The van der Waals surface area contributed by atoms with E-state index in [1.165, 1.54) is 17.7 Å². The number of rotatable bonds is 7. The van der Waals surface area contributed by atoms with Gasteiger partial charge in [-0.25, -0.2) is 8.42 Å². The lowest BCUT2D eigenvalue weighted by Gasteiger charge is -2.11. The summed E-state index contributed by atoms with van der Waals surface area (Å²) in [7, 11) is -3.98. The van der Waals surface area contributed by atoms with Gasteiger partial charge in [0, 0.05) is 15.7 Å². The fraction of sp³-hybridized carbons (Fsp3) is 0.115. The van der Waals surface area contributed by atoms with Gasteiger partial charge in [-0.15, -0.1) is 11.3 Å². The Balaban J connectivity index is 1.84. The van der Waals surface area contributed by atoms with E-state index in [0.717, 1.165) is 15.8 Å². The van der Waals surface area contributed by atoms with Crippen molar-refractivity contribution in [3.05, 3.63) is 99.3 Å². The molecule has 4 aromatic rings. The summed E-state index contributed by atoms with van der Waals surface area (Å²) in [5, 5.41) is 3.50. The third-order valence-electron chi connectivity index (χ3n) is 5.37. The molecule has 5 nitrogen and oxygen atoms in total. The van der Waals surface area contributed by atoms with E-state index >= 15 is 0 Å². The lowest BCUT2D eigenvalue weighted by Crippen LogP contribution is -2.08. The molecule has 0 saturated carbocycles. The normalized spacial score (nSPS) is 11.5. The van der Waals surface area contributed by atoms with Crippen molar-refractivity contribution in [1.82, 2.24) is 0 Å². The van der Waals surface area contributed by atoms with Crippen LogP contribution in [0.15, 0.2) is 93.1 Å². The van der Waals surface area contributed by atoms with Gasteiger partial charge in [-0.05, 0) is 60.0 Å². The summed E-state index contributed by atoms with van der Waals surface area (Å²) >= 11 is 4.40. The quantitative estimate of drug-likeness (QED) is 0.239. The van der Waals surface area contributed by atoms with Gasteiger partial charge in [0.15, 0.2) is 0 Å². The Morgan fingerprint density at radius 1 is 0.941 bits per heavy atom. The van der Waals surface area contributed by atoms with Crippen LogP contribution in [0.25, 0.3) is 0 Å². The second kappa shape index (κ2) is 9.74. The van der Waals surface area contributed by atoms with E-state index in [0.29, 0.717) is 22.2 Å². The van der Waals surface area contributed by atoms with Crippen LogP contribution in [-0.4, -0.2) is 14.2 Å². The standard InChI is InChI=1S/C26H23BrN2O3S2/c1-16(2)17-10-14-20(15-11-17)29-26-25(34(31,32)21-6-4-3-5-7-21)22(28)24(33-26)23(30)18-8-12-19(27)13-9-18/h3-16,29H,28H2,1-2H3. The van der Waals surface area contributed by atoms with Crippen molar-refractivity contribution >= 4 is 59.3 Å². The molecule has 0 unspecified atom stereocenters. The van der Waals surface area contributed by atoms with E-state index < -0.39 is 9.84 Å². The highest BCUT2D eigenvalue weighted by molar-refractivity contribution is 9.10. The number of hydrogen-bond acceptors (Lipinski definition) is 6. The number of thiophene rings is 1. The van der Waals surface area contributed by atoms with Gasteiger partial charge in [0.1, 0.15) is 14.8 Å². The third kappa shape index (κ3) is 4.80. The summed E-state index contributed by atoms with van der Waals surface area (Å²) in [5.74, 6) is 0.0401. The van der Waals surface area contributed by atoms with Gasteiger partial charge in [0.25, 0.3) is 0 Å². The molecule has 0 bridgehead atoms. The van der Waals surface area contributed by atoms with Crippen LogP contribution in [0.4, 0.5) is 16.4 Å². The first-order valence-electron chi connectivity index (χ1n) is 10.6. The molecule has 0 aliphatic heterocycles. The number of benzene rings is 3. The Labute approximate surface area is 211 Å². The van der Waals surface area contributed by atoms with E-state index in [2.05, 4.69) is 35.1 Å². The molecule has 0 fully saturated rings. The average molecular weight is 556 g/mol. The van der Waals surface area contributed by atoms with Crippen LogP contribution >= 0.6 is 27.3 Å². The van der Waals surface area contributed by atoms with Gasteiger partial charge in [-0.2, -0.15) is 0 Å². The van der Waals surface area contributed by atoms with E-state index in [-0.39, 0.29) is 26.1 Å². The molecule has 0 atom stereocenters. The Morgan fingerprint density at radius 2 is 1.56 bits per heavy atom. The Bertz CT molecular complexity index is 1430. The van der Waals surface area contributed by atoms with Gasteiger partial charge in [0.05, 0.1) is 10.6 Å². The molecule has 0 saturated heterocycles. The summed E-state index contributed by atoms with van der Waals surface area (Å²) in [6, 6.07) is 22.7. The molecule has 0 amide bonds. The topological polar surface area (TPSA) is 89.3 Å². The first-order valence-corrected chi connectivity index (χ1v) is 13.7. The zero-order chi connectivity index (χ0) is 24.5. The van der Waals surface area contributed by atoms with Crippen molar-refractivity contribution in [2.45, 2.75) is 29.6 Å². The molecule has 34 heavy (non-hydrogen) atoms. The van der Waals surface area contributed by atoms with E-state index in [9.17, 15) is 13.2 Å². The number of hydrogen-bond donors (Lipinski definition) is 2. The third-order valence-corrected chi connectivity index (χ3v) is 9.00. The lowest BCUT2D eigenvalue weighted by atomic mass is 10.0. The molecule has 0 radical (unpaired) electrons. The molecular weight excluding hydrogens is 532 g/mol. The average Bonchev–Trinajstić information content (AvgIpc) is 3.16. The zero-order valence-electron chi connectivity index (χ0n) is 18.6. The van der Waals surface area contributed by atoms with E-state index in [1.54, 1.807) is 42.5 Å². The van der Waals surface area contributed by atoms with E-state index in [4.69, 9.17) is 5.73 Å². The maximum absolute atomic E-state index is 13.6. The highest BCUT2D eigenvalue weighted by Crippen LogP contribution is 2.44. The van der Waals surface area contributed by atoms with Crippen LogP contribution in [-0.2, 0) is 9.84 Å². The Hall–Kier alpha value is -2.94. The molecule has 3 aromatic carbocycles. The van der Waals surface area contributed by atoms with Crippen molar-refractivity contribution in [3.8, 4) is 0 Å². The zero-order valence-corrected chi connectivity index (χ0v) is 21.8. The SMILES string of the molecule is CC(C)c1ccc(Nc2sc(C(=O)c3ccc(Br)cc3)c(N)c2S(=O)(=O)c2ccccc2)cc1. The van der Waals surface area contributed by atoms with Crippen molar-refractivity contribution in [2.75, 3.05) is 11.1 Å². The maximum atomic E-state index is 13.6. The van der Waals surface area contributed by atoms with Crippen LogP contribution in [0.2, 0.25) is 0 Å². The second-order valence-electron chi connectivity index (χ2n) is 8.06. The van der Waals surface area contributed by atoms with Gasteiger partial charge < -0.3 is 11.1 Å².